The summed E-state index contributed by atoms with van der Waals surface area (Å²) in [5.41, 5.74) is 6.64. The van der Waals surface area contributed by atoms with Crippen LogP contribution in [0, 0.1) is 0 Å². The highest BCUT2D eigenvalue weighted by Gasteiger charge is 2.16. The Labute approximate surface area is 113 Å². The summed E-state index contributed by atoms with van der Waals surface area (Å²) in [5.74, 6) is -0.00469. The van der Waals surface area contributed by atoms with Crippen LogP contribution in [0.3, 0.4) is 0 Å². The van der Waals surface area contributed by atoms with Gasteiger partial charge in [-0.25, -0.2) is 0 Å². The summed E-state index contributed by atoms with van der Waals surface area (Å²) < 4.78 is 4.92. The van der Waals surface area contributed by atoms with E-state index in [0.29, 0.717) is 13.0 Å². The zero-order chi connectivity index (χ0) is 14.3. The minimum Gasteiger partial charge on any atom is -0.508 e. The highest BCUT2D eigenvalue weighted by molar-refractivity contribution is 5.81. The first kappa shape index (κ1) is 15.5. The van der Waals surface area contributed by atoms with Crippen LogP contribution in [0.15, 0.2) is 24.3 Å². The highest BCUT2D eigenvalue weighted by atomic mass is 16.5. The molecule has 4 N–H and O–H groups in total. The van der Waals surface area contributed by atoms with Gasteiger partial charge in [-0.3, -0.25) is 4.79 Å². The average molecular weight is 266 g/mol. The lowest BCUT2D eigenvalue weighted by Crippen LogP contribution is -2.41. The number of phenolic OH excluding ortho intramolecular Hbond substituents is 1. The van der Waals surface area contributed by atoms with E-state index in [2.05, 4.69) is 5.32 Å². The van der Waals surface area contributed by atoms with E-state index in [1.807, 2.05) is 13.0 Å². The van der Waals surface area contributed by atoms with Crippen LogP contribution in [-0.2, 0) is 9.53 Å². The monoisotopic (exact) mass is 266 g/mol. The fourth-order valence-corrected chi connectivity index (χ4v) is 1.78. The summed E-state index contributed by atoms with van der Waals surface area (Å²) in [4.78, 5) is 11.9. The second-order valence-corrected chi connectivity index (χ2v) is 4.57. The predicted molar refractivity (Wildman–Crippen MR) is 73.7 cm³/mol. The number of amides is 1. The Balaban J connectivity index is 2.47. The Morgan fingerprint density at radius 2 is 2.26 bits per heavy atom. The van der Waals surface area contributed by atoms with Crippen LogP contribution in [0.2, 0.25) is 0 Å². The van der Waals surface area contributed by atoms with Gasteiger partial charge in [-0.1, -0.05) is 12.1 Å². The molecule has 5 heteroatoms. The van der Waals surface area contributed by atoms with Gasteiger partial charge in [0.15, 0.2) is 0 Å². The number of rotatable bonds is 7. The molecule has 2 atom stereocenters. The van der Waals surface area contributed by atoms with Crippen molar-refractivity contribution in [1.82, 2.24) is 5.32 Å². The van der Waals surface area contributed by atoms with Gasteiger partial charge >= 0.3 is 0 Å². The molecule has 2 unspecified atom stereocenters. The van der Waals surface area contributed by atoms with Crippen LogP contribution >= 0.6 is 0 Å². The molecule has 0 aliphatic rings. The van der Waals surface area contributed by atoms with E-state index in [0.717, 1.165) is 12.0 Å². The molecule has 1 amide bonds. The zero-order valence-electron chi connectivity index (χ0n) is 11.4. The molecule has 0 saturated carbocycles. The molecule has 0 fully saturated rings. The SMILES string of the molecule is COCCCC(N)C(=O)NC(C)c1cccc(O)c1. The van der Waals surface area contributed by atoms with E-state index >= 15 is 0 Å². The summed E-state index contributed by atoms with van der Waals surface area (Å²) in [7, 11) is 1.62. The van der Waals surface area contributed by atoms with Gasteiger partial charge in [-0.15, -0.1) is 0 Å². The Kier molecular flexibility index (Phi) is 6.32. The maximum absolute atomic E-state index is 11.9. The third kappa shape index (κ3) is 5.28. The van der Waals surface area contributed by atoms with Gasteiger partial charge in [0.2, 0.25) is 5.91 Å². The molecule has 0 saturated heterocycles. The Morgan fingerprint density at radius 1 is 1.53 bits per heavy atom. The maximum Gasteiger partial charge on any atom is 0.237 e. The Bertz CT molecular complexity index is 409. The second kappa shape index (κ2) is 7.76. The van der Waals surface area contributed by atoms with Gasteiger partial charge in [-0.2, -0.15) is 0 Å². The van der Waals surface area contributed by atoms with Gasteiger partial charge in [-0.05, 0) is 37.5 Å². The molecule has 5 nitrogen and oxygen atoms in total. The molecule has 0 spiro atoms. The molecule has 106 valence electrons. The van der Waals surface area contributed by atoms with E-state index in [1.54, 1.807) is 25.3 Å². The summed E-state index contributed by atoms with van der Waals surface area (Å²) in [6, 6.07) is 6.09. The minimum atomic E-state index is -0.532. The number of methoxy groups -OCH3 is 1. The van der Waals surface area contributed by atoms with Crippen molar-refractivity contribution in [2.75, 3.05) is 13.7 Å². The van der Waals surface area contributed by atoms with Gasteiger partial charge in [0.25, 0.3) is 0 Å². The minimum absolute atomic E-state index is 0.183. The van der Waals surface area contributed by atoms with E-state index < -0.39 is 6.04 Å². The van der Waals surface area contributed by atoms with E-state index in [4.69, 9.17) is 10.5 Å². The lowest BCUT2D eigenvalue weighted by molar-refractivity contribution is -0.123. The van der Waals surface area contributed by atoms with Crippen molar-refractivity contribution in [1.29, 1.82) is 0 Å². The Hall–Kier alpha value is -1.59. The van der Waals surface area contributed by atoms with Crippen molar-refractivity contribution in [2.45, 2.75) is 31.8 Å². The lowest BCUT2D eigenvalue weighted by atomic mass is 10.1. The highest BCUT2D eigenvalue weighted by Crippen LogP contribution is 2.17. The zero-order valence-corrected chi connectivity index (χ0v) is 11.4. The molecule has 0 bridgehead atoms. The van der Waals surface area contributed by atoms with Crippen molar-refractivity contribution < 1.29 is 14.6 Å². The van der Waals surface area contributed by atoms with Crippen LogP contribution in [0.25, 0.3) is 0 Å². The first-order chi connectivity index (χ1) is 9.04. The molecule has 1 rings (SSSR count). The number of hydrogen-bond acceptors (Lipinski definition) is 4. The van der Waals surface area contributed by atoms with Gasteiger partial charge in [0.05, 0.1) is 12.1 Å². The van der Waals surface area contributed by atoms with Gasteiger partial charge in [0.1, 0.15) is 5.75 Å². The van der Waals surface area contributed by atoms with Crippen molar-refractivity contribution in [2.24, 2.45) is 5.73 Å². The van der Waals surface area contributed by atoms with Crippen LogP contribution in [0.5, 0.6) is 5.75 Å². The summed E-state index contributed by atoms with van der Waals surface area (Å²) in [6.45, 7) is 2.46. The standard InChI is InChI=1S/C14H22N2O3/c1-10(11-5-3-6-12(17)9-11)16-14(18)13(15)7-4-8-19-2/h3,5-6,9-10,13,17H,4,7-8,15H2,1-2H3,(H,16,18). The van der Waals surface area contributed by atoms with Crippen molar-refractivity contribution in [3.05, 3.63) is 29.8 Å². The Morgan fingerprint density at radius 3 is 2.89 bits per heavy atom. The van der Waals surface area contributed by atoms with Crippen molar-refractivity contribution >= 4 is 5.91 Å². The third-order valence-corrected chi connectivity index (χ3v) is 2.93. The summed E-state index contributed by atoms with van der Waals surface area (Å²) in [5, 5.41) is 12.2. The number of carbonyl (C=O) groups is 1. The molecule has 1 aromatic carbocycles. The maximum atomic E-state index is 11.9. The van der Waals surface area contributed by atoms with Gasteiger partial charge in [0, 0.05) is 13.7 Å². The predicted octanol–water partition coefficient (Wildman–Crippen LogP) is 1.32. The molecule has 0 heterocycles. The topological polar surface area (TPSA) is 84.6 Å². The first-order valence-corrected chi connectivity index (χ1v) is 6.38. The normalized spacial score (nSPS) is 13.8. The molecule has 1 aromatic rings. The molecular weight excluding hydrogens is 244 g/mol. The van der Waals surface area contributed by atoms with Crippen LogP contribution in [0.4, 0.5) is 0 Å². The summed E-state index contributed by atoms with van der Waals surface area (Å²) >= 11 is 0. The number of aromatic hydroxyl groups is 1. The molecule has 0 aliphatic heterocycles. The number of benzene rings is 1. The van der Waals surface area contributed by atoms with Gasteiger partial charge < -0.3 is 20.9 Å². The largest absolute Gasteiger partial charge is 0.508 e. The third-order valence-electron chi connectivity index (χ3n) is 2.93. The first-order valence-electron chi connectivity index (χ1n) is 6.38. The molecule has 0 aliphatic carbocycles. The number of ether oxygens (including phenoxy) is 1. The molecule has 0 aromatic heterocycles. The lowest BCUT2D eigenvalue weighted by Gasteiger charge is -2.18. The van der Waals surface area contributed by atoms with Crippen LogP contribution in [0.1, 0.15) is 31.4 Å². The van der Waals surface area contributed by atoms with Crippen LogP contribution in [-0.4, -0.2) is 30.8 Å². The quantitative estimate of drug-likeness (QED) is 0.650. The smallest absolute Gasteiger partial charge is 0.237 e. The number of nitrogens with one attached hydrogen (secondary N) is 1. The van der Waals surface area contributed by atoms with E-state index in [9.17, 15) is 9.90 Å². The van der Waals surface area contributed by atoms with Crippen LogP contribution < -0.4 is 11.1 Å². The summed E-state index contributed by atoms with van der Waals surface area (Å²) in [6.07, 6.45) is 1.35. The average Bonchev–Trinajstić information content (AvgIpc) is 2.38. The van der Waals surface area contributed by atoms with Crippen molar-refractivity contribution in [3.63, 3.8) is 0 Å². The van der Waals surface area contributed by atoms with Crippen molar-refractivity contribution in [3.8, 4) is 5.75 Å². The van der Waals surface area contributed by atoms with E-state index in [1.165, 1.54) is 0 Å². The number of carbonyl (C=O) groups excluding carboxylic acids is 1. The fourth-order valence-electron chi connectivity index (χ4n) is 1.78. The molecular formula is C14H22N2O3. The fraction of sp³-hybridized carbons (Fsp3) is 0.500. The number of phenols is 1. The number of hydrogen-bond donors (Lipinski definition) is 3. The number of nitrogens with two attached hydrogens (primary N) is 1. The molecule has 19 heavy (non-hydrogen) atoms. The van der Waals surface area contributed by atoms with E-state index in [-0.39, 0.29) is 17.7 Å². The molecule has 0 radical (unpaired) electrons. The second-order valence-electron chi connectivity index (χ2n) is 4.57.